The average molecular weight is 164 g/mol. The molecular weight excluding hydrogens is 150 g/mol. The second-order valence-corrected chi connectivity index (χ2v) is 3.89. The molecule has 60 valence electrons. The molecule has 1 heterocycles. The van der Waals surface area contributed by atoms with Crippen LogP contribution in [0.1, 0.15) is 26.7 Å². The second kappa shape index (κ2) is 3.07. The Balaban J connectivity index is 2.49. The third-order valence-electron chi connectivity index (χ3n) is 2.19. The largest absolute Gasteiger partial charge is 0.634 e. The summed E-state index contributed by atoms with van der Waals surface area (Å²) < 4.78 is 0. The molecular formula is C7H14ClNO. The fourth-order valence-corrected chi connectivity index (χ4v) is 2.12. The maximum atomic E-state index is 11.2. The maximum absolute atomic E-state index is 11.2. The summed E-state index contributed by atoms with van der Waals surface area (Å²) in [4.78, 5) is 0. The van der Waals surface area contributed by atoms with Gasteiger partial charge >= 0.3 is 0 Å². The summed E-state index contributed by atoms with van der Waals surface area (Å²) in [5.41, 5.74) is 0. The summed E-state index contributed by atoms with van der Waals surface area (Å²) in [5, 5.41) is 11.8. The van der Waals surface area contributed by atoms with E-state index in [9.17, 15) is 5.21 Å². The van der Waals surface area contributed by atoms with E-state index in [1.807, 2.05) is 13.8 Å². The number of halogens is 1. The van der Waals surface area contributed by atoms with Gasteiger partial charge in [-0.1, -0.05) is 0 Å². The molecule has 1 N–H and O–H groups in total. The van der Waals surface area contributed by atoms with Gasteiger partial charge in [-0.2, -0.15) is 0 Å². The van der Waals surface area contributed by atoms with Crippen LogP contribution in [-0.4, -0.2) is 17.5 Å². The normalized spacial score (nSPS) is 49.2. The number of rotatable bonds is 0. The average Bonchev–Trinajstić information content (AvgIpc) is 1.82. The van der Waals surface area contributed by atoms with Crippen molar-refractivity contribution >= 4 is 11.6 Å². The zero-order chi connectivity index (χ0) is 7.72. The fourth-order valence-electron chi connectivity index (χ4n) is 1.58. The molecule has 2 nitrogen and oxygen atoms in total. The zero-order valence-electron chi connectivity index (χ0n) is 6.43. The van der Waals surface area contributed by atoms with Crippen LogP contribution in [0.2, 0.25) is 0 Å². The van der Waals surface area contributed by atoms with E-state index in [2.05, 4.69) is 0 Å². The first kappa shape index (κ1) is 8.31. The predicted octanol–water partition coefficient (Wildman–Crippen LogP) is 0.547. The van der Waals surface area contributed by atoms with Gasteiger partial charge in [-0.05, 0) is 13.8 Å². The molecule has 0 aliphatic carbocycles. The first-order valence-corrected chi connectivity index (χ1v) is 4.22. The minimum Gasteiger partial charge on any atom is -0.634 e. The highest BCUT2D eigenvalue weighted by atomic mass is 35.5. The number of alkyl halides is 1. The predicted molar refractivity (Wildman–Crippen MR) is 42.1 cm³/mol. The van der Waals surface area contributed by atoms with Gasteiger partial charge in [0, 0.05) is 18.2 Å². The molecule has 1 aliphatic heterocycles. The molecule has 2 unspecified atom stereocenters. The molecule has 3 heteroatoms. The Morgan fingerprint density at radius 2 is 1.70 bits per heavy atom. The molecule has 1 fully saturated rings. The number of nitrogens with one attached hydrogen (secondary N) is 1. The van der Waals surface area contributed by atoms with Crippen LogP contribution in [0.3, 0.4) is 0 Å². The number of hydroxylamine groups is 2. The molecule has 0 spiro atoms. The van der Waals surface area contributed by atoms with Crippen LogP contribution in [0.4, 0.5) is 0 Å². The van der Waals surface area contributed by atoms with Crippen molar-refractivity contribution in [2.24, 2.45) is 0 Å². The van der Waals surface area contributed by atoms with E-state index in [-0.39, 0.29) is 17.5 Å². The first-order valence-electron chi connectivity index (χ1n) is 3.79. The van der Waals surface area contributed by atoms with Gasteiger partial charge in [0.1, 0.15) is 0 Å². The van der Waals surface area contributed by atoms with Crippen LogP contribution in [-0.2, 0) is 0 Å². The third-order valence-corrected chi connectivity index (χ3v) is 2.55. The highest BCUT2D eigenvalue weighted by molar-refractivity contribution is 6.20. The van der Waals surface area contributed by atoms with E-state index in [4.69, 9.17) is 11.6 Å². The highest BCUT2D eigenvalue weighted by Crippen LogP contribution is 2.14. The summed E-state index contributed by atoms with van der Waals surface area (Å²) in [6, 6.07) is 0.373. The lowest BCUT2D eigenvalue weighted by atomic mass is 10.00. The monoisotopic (exact) mass is 163 g/mol. The van der Waals surface area contributed by atoms with Crippen molar-refractivity contribution < 1.29 is 5.06 Å². The van der Waals surface area contributed by atoms with Crippen molar-refractivity contribution in [1.82, 2.24) is 0 Å². The molecule has 1 saturated heterocycles. The van der Waals surface area contributed by atoms with Crippen LogP contribution in [0, 0.1) is 5.21 Å². The second-order valence-electron chi connectivity index (χ2n) is 3.27. The van der Waals surface area contributed by atoms with Gasteiger partial charge < -0.3 is 10.3 Å². The summed E-state index contributed by atoms with van der Waals surface area (Å²) in [6.07, 6.45) is 1.73. The summed E-state index contributed by atoms with van der Waals surface area (Å²) >= 11 is 5.92. The molecule has 0 aromatic carbocycles. The molecule has 0 aromatic rings. The van der Waals surface area contributed by atoms with Gasteiger partial charge in [-0.3, -0.25) is 0 Å². The van der Waals surface area contributed by atoms with Crippen LogP contribution < -0.4 is 5.06 Å². The number of hydrogen-bond acceptors (Lipinski definition) is 1. The Morgan fingerprint density at radius 3 is 2.10 bits per heavy atom. The first-order chi connectivity index (χ1) is 4.61. The van der Waals surface area contributed by atoms with Gasteiger partial charge in [0.15, 0.2) is 0 Å². The van der Waals surface area contributed by atoms with Gasteiger partial charge in [0.25, 0.3) is 0 Å². The summed E-state index contributed by atoms with van der Waals surface area (Å²) in [5.74, 6) is 0. The van der Waals surface area contributed by atoms with E-state index in [1.54, 1.807) is 0 Å². The quantitative estimate of drug-likeness (QED) is 0.410. The van der Waals surface area contributed by atoms with Crippen molar-refractivity contribution in [3.05, 3.63) is 5.21 Å². The summed E-state index contributed by atoms with van der Waals surface area (Å²) in [6.45, 7) is 3.93. The minimum atomic E-state index is 0.186. The summed E-state index contributed by atoms with van der Waals surface area (Å²) in [7, 11) is 0. The molecule has 2 atom stereocenters. The lowest BCUT2D eigenvalue weighted by Crippen LogP contribution is -3.15. The molecule has 0 aromatic heterocycles. The Bertz CT molecular complexity index is 108. The van der Waals surface area contributed by atoms with Crippen LogP contribution >= 0.6 is 11.6 Å². The Labute approximate surface area is 66.7 Å². The van der Waals surface area contributed by atoms with Gasteiger partial charge in [-0.15, -0.1) is 11.6 Å². The Hall–Kier alpha value is 0.210. The lowest BCUT2D eigenvalue weighted by molar-refractivity contribution is -0.903. The van der Waals surface area contributed by atoms with E-state index in [0.717, 1.165) is 12.8 Å². The molecule has 0 amide bonds. The number of piperidine rings is 1. The molecule has 0 saturated carbocycles. The fraction of sp³-hybridized carbons (Fsp3) is 1.00. The maximum Gasteiger partial charge on any atom is 0.0859 e. The topological polar surface area (TPSA) is 27.5 Å². The van der Waals surface area contributed by atoms with E-state index < -0.39 is 0 Å². The van der Waals surface area contributed by atoms with E-state index >= 15 is 0 Å². The SMILES string of the molecule is CC1CC(Cl)CC(C)[NH+]1[O-]. The van der Waals surface area contributed by atoms with Crippen LogP contribution in [0.5, 0.6) is 0 Å². The zero-order valence-corrected chi connectivity index (χ0v) is 7.19. The van der Waals surface area contributed by atoms with Gasteiger partial charge in [0.05, 0.1) is 12.1 Å². The standard InChI is InChI=1S/C7H14ClNO/c1-5-3-7(8)4-6(2)9(5)10/h5-7,9H,3-4H2,1-2H3. The molecule has 10 heavy (non-hydrogen) atoms. The van der Waals surface area contributed by atoms with Gasteiger partial charge in [0.2, 0.25) is 0 Å². The van der Waals surface area contributed by atoms with Crippen molar-refractivity contribution in [3.8, 4) is 0 Å². The Morgan fingerprint density at radius 1 is 1.30 bits per heavy atom. The van der Waals surface area contributed by atoms with Gasteiger partial charge in [-0.25, -0.2) is 0 Å². The Kier molecular flexibility index (Phi) is 2.55. The van der Waals surface area contributed by atoms with E-state index in [0.29, 0.717) is 5.06 Å². The molecule has 1 rings (SSSR count). The van der Waals surface area contributed by atoms with E-state index in [1.165, 1.54) is 0 Å². The molecule has 0 bridgehead atoms. The minimum absolute atomic E-state index is 0.186. The van der Waals surface area contributed by atoms with Crippen molar-refractivity contribution in [2.45, 2.75) is 44.1 Å². The molecule has 0 radical (unpaired) electrons. The van der Waals surface area contributed by atoms with Crippen molar-refractivity contribution in [2.75, 3.05) is 0 Å². The molecule has 1 aliphatic rings. The van der Waals surface area contributed by atoms with Crippen molar-refractivity contribution in [1.29, 1.82) is 0 Å². The number of quaternary nitrogens is 1. The highest BCUT2D eigenvalue weighted by Gasteiger charge is 2.27. The van der Waals surface area contributed by atoms with Crippen molar-refractivity contribution in [3.63, 3.8) is 0 Å². The smallest absolute Gasteiger partial charge is 0.0859 e. The van der Waals surface area contributed by atoms with Crippen LogP contribution in [0.15, 0.2) is 0 Å². The number of hydrogen-bond donors (Lipinski definition) is 1. The third kappa shape index (κ3) is 1.62. The van der Waals surface area contributed by atoms with Crippen LogP contribution in [0.25, 0.3) is 0 Å². The lowest BCUT2D eigenvalue weighted by Gasteiger charge is -2.40.